The van der Waals surface area contributed by atoms with Gasteiger partial charge in [-0.25, -0.2) is 0 Å². The van der Waals surface area contributed by atoms with E-state index in [-0.39, 0.29) is 0 Å². The Hall–Kier alpha value is -3.95. The average Bonchev–Trinajstić information content (AvgIpc) is 3.06. The molecule has 3 aromatic rings. The van der Waals surface area contributed by atoms with Gasteiger partial charge in [-0.05, 0) is 82.1 Å². The summed E-state index contributed by atoms with van der Waals surface area (Å²) < 4.78 is 0. The van der Waals surface area contributed by atoms with Crippen LogP contribution in [0.15, 0.2) is 144 Å². The highest BCUT2D eigenvalue weighted by atomic mass is 14.9. The second kappa shape index (κ2) is 29.5. The highest BCUT2D eigenvalue weighted by Crippen LogP contribution is 2.15. The first kappa shape index (κ1) is 41.2. The van der Waals surface area contributed by atoms with Gasteiger partial charge in [0.1, 0.15) is 0 Å². The monoisotopic (exact) mass is 581 g/mol. The molecule has 3 aromatic carbocycles. The SMILES string of the molecule is C=C.C=C(C)CCC.C=N/C(C)=C\C(NCc1ccccc1)=C(\C)CCc1ccccc1.CC.CNCc1ccccc1. The molecule has 0 heterocycles. The minimum Gasteiger partial charge on any atom is -0.381 e. The summed E-state index contributed by atoms with van der Waals surface area (Å²) in [5.74, 6) is 0. The normalized spacial score (nSPS) is 10.3. The number of allylic oxidation sites excluding steroid dienone is 4. The maximum absolute atomic E-state index is 4.02. The molecule has 3 nitrogen and oxygen atoms in total. The molecular weight excluding hydrogens is 522 g/mol. The van der Waals surface area contributed by atoms with E-state index in [0.29, 0.717) is 0 Å². The van der Waals surface area contributed by atoms with E-state index in [4.69, 9.17) is 0 Å². The van der Waals surface area contributed by atoms with E-state index in [2.05, 4.69) is 136 Å². The van der Waals surface area contributed by atoms with Gasteiger partial charge in [0.2, 0.25) is 0 Å². The second-order valence-electron chi connectivity index (χ2n) is 9.69. The highest BCUT2D eigenvalue weighted by molar-refractivity contribution is 5.33. The van der Waals surface area contributed by atoms with Crippen molar-refractivity contribution in [1.82, 2.24) is 10.6 Å². The van der Waals surface area contributed by atoms with Crippen LogP contribution in [0.1, 0.15) is 77.5 Å². The fourth-order valence-electron chi connectivity index (χ4n) is 3.71. The van der Waals surface area contributed by atoms with E-state index in [9.17, 15) is 0 Å². The molecule has 43 heavy (non-hydrogen) atoms. The molecule has 0 saturated carbocycles. The smallest absolute Gasteiger partial charge is 0.0400 e. The van der Waals surface area contributed by atoms with Crippen LogP contribution >= 0.6 is 0 Å². The minimum absolute atomic E-state index is 0.805. The predicted octanol–water partition coefficient (Wildman–Crippen LogP) is 10.9. The van der Waals surface area contributed by atoms with Crippen LogP contribution in [0.25, 0.3) is 0 Å². The van der Waals surface area contributed by atoms with Crippen LogP contribution in [0.4, 0.5) is 0 Å². The van der Waals surface area contributed by atoms with Crippen molar-refractivity contribution in [2.24, 2.45) is 4.99 Å². The Morgan fingerprint density at radius 2 is 1.16 bits per heavy atom. The van der Waals surface area contributed by atoms with Crippen molar-refractivity contribution in [3.63, 3.8) is 0 Å². The van der Waals surface area contributed by atoms with E-state index >= 15 is 0 Å². The molecular formula is C40H59N3. The standard InChI is InChI=1S/C22H26N2.C8H11N.C6H12.C2H6.C2H4/c1-18(14-15-20-10-6-4-7-11-20)22(16-19(2)23-3)24-17-21-12-8-5-9-13-21;1-9-7-8-5-3-2-4-6-8;1-4-5-6(2)3;2*1-2/h4-13,16,24H,3,14-15,17H2,1-2H3;2-6,9H,7H2,1H3;2,4-5H2,1,3H3;1-2H3;1-2H2/b19-16-,22-18+;;;;. The molecule has 0 amide bonds. The largest absolute Gasteiger partial charge is 0.381 e. The van der Waals surface area contributed by atoms with Crippen molar-refractivity contribution in [2.45, 2.75) is 80.3 Å². The zero-order valence-electron chi connectivity index (χ0n) is 28.3. The number of rotatable bonds is 12. The van der Waals surface area contributed by atoms with Crippen LogP contribution in [-0.4, -0.2) is 13.8 Å². The van der Waals surface area contributed by atoms with Crippen LogP contribution in [-0.2, 0) is 19.5 Å². The molecule has 0 unspecified atom stereocenters. The lowest BCUT2D eigenvalue weighted by molar-refractivity contribution is 0.797. The number of aliphatic imine (C=N–C) groups is 1. The fraction of sp³-hybridized carbons (Fsp3) is 0.325. The van der Waals surface area contributed by atoms with E-state index in [0.717, 1.165) is 37.3 Å². The maximum Gasteiger partial charge on any atom is 0.0400 e. The summed E-state index contributed by atoms with van der Waals surface area (Å²) in [5, 5.41) is 6.64. The van der Waals surface area contributed by atoms with Crippen LogP contribution in [0.2, 0.25) is 0 Å². The number of benzene rings is 3. The molecule has 0 saturated heterocycles. The van der Waals surface area contributed by atoms with Crippen LogP contribution in [0.3, 0.4) is 0 Å². The summed E-state index contributed by atoms with van der Waals surface area (Å²) in [4.78, 5) is 4.02. The van der Waals surface area contributed by atoms with E-state index < -0.39 is 0 Å². The van der Waals surface area contributed by atoms with Gasteiger partial charge in [-0.15, -0.1) is 19.7 Å². The first-order valence-corrected chi connectivity index (χ1v) is 15.4. The maximum atomic E-state index is 4.02. The Labute approximate surface area is 265 Å². The molecule has 0 radical (unpaired) electrons. The number of nitrogens with zero attached hydrogens (tertiary/aromatic N) is 1. The minimum atomic E-state index is 0.805. The second-order valence-corrected chi connectivity index (χ2v) is 9.69. The first-order chi connectivity index (χ1) is 20.9. The van der Waals surface area contributed by atoms with Gasteiger partial charge < -0.3 is 10.6 Å². The summed E-state index contributed by atoms with van der Waals surface area (Å²) in [6.45, 7) is 27.5. The zero-order chi connectivity index (χ0) is 32.7. The van der Waals surface area contributed by atoms with E-state index in [1.807, 2.05) is 52.1 Å². The fourth-order valence-corrected chi connectivity index (χ4v) is 3.71. The van der Waals surface area contributed by atoms with Gasteiger partial charge in [-0.2, -0.15) is 0 Å². The molecule has 0 atom stereocenters. The molecule has 0 spiro atoms. The summed E-state index contributed by atoms with van der Waals surface area (Å²) >= 11 is 0. The lowest BCUT2D eigenvalue weighted by atomic mass is 10.0. The highest BCUT2D eigenvalue weighted by Gasteiger charge is 2.03. The summed E-state index contributed by atoms with van der Waals surface area (Å²) in [6.07, 6.45) is 6.55. The van der Waals surface area contributed by atoms with Gasteiger partial charge in [0.05, 0.1) is 0 Å². The Balaban J connectivity index is 0. The Kier molecular flexibility index (Phi) is 28.3. The van der Waals surface area contributed by atoms with Crippen molar-refractivity contribution in [3.8, 4) is 0 Å². The van der Waals surface area contributed by atoms with Gasteiger partial charge in [0.15, 0.2) is 0 Å². The van der Waals surface area contributed by atoms with Gasteiger partial charge >= 0.3 is 0 Å². The van der Waals surface area contributed by atoms with Gasteiger partial charge in [-0.1, -0.05) is 124 Å². The van der Waals surface area contributed by atoms with E-state index in [1.54, 1.807) is 0 Å². The molecule has 0 fully saturated rings. The third-order valence-corrected chi connectivity index (χ3v) is 5.92. The summed E-state index contributed by atoms with van der Waals surface area (Å²) in [6, 6.07) is 31.4. The molecule has 0 aromatic heterocycles. The number of nitrogens with one attached hydrogen (secondary N) is 2. The molecule has 234 valence electrons. The van der Waals surface area contributed by atoms with Crippen molar-refractivity contribution in [3.05, 3.63) is 156 Å². The van der Waals surface area contributed by atoms with Crippen molar-refractivity contribution in [1.29, 1.82) is 0 Å². The zero-order valence-corrected chi connectivity index (χ0v) is 28.3. The van der Waals surface area contributed by atoms with E-state index in [1.165, 1.54) is 40.7 Å². The van der Waals surface area contributed by atoms with Crippen molar-refractivity contribution >= 4 is 6.72 Å². The van der Waals surface area contributed by atoms with Crippen LogP contribution in [0.5, 0.6) is 0 Å². The summed E-state index contributed by atoms with van der Waals surface area (Å²) in [7, 11) is 1.95. The number of hydrogen-bond donors (Lipinski definition) is 2. The molecule has 2 N–H and O–H groups in total. The molecule has 0 bridgehead atoms. The lowest BCUT2D eigenvalue weighted by Gasteiger charge is -2.13. The first-order valence-electron chi connectivity index (χ1n) is 15.4. The third kappa shape index (κ3) is 23.3. The summed E-state index contributed by atoms with van der Waals surface area (Å²) in [5.41, 5.74) is 8.64. The Morgan fingerprint density at radius 1 is 0.721 bits per heavy atom. The van der Waals surface area contributed by atoms with Crippen LogP contribution < -0.4 is 10.6 Å². The molecule has 0 aliphatic carbocycles. The Morgan fingerprint density at radius 3 is 1.53 bits per heavy atom. The quantitative estimate of drug-likeness (QED) is 0.127. The van der Waals surface area contributed by atoms with Crippen molar-refractivity contribution < 1.29 is 0 Å². The number of hydrogen-bond acceptors (Lipinski definition) is 3. The average molecular weight is 582 g/mol. The molecule has 3 rings (SSSR count). The van der Waals surface area contributed by atoms with Gasteiger partial charge in [-0.3, -0.25) is 4.99 Å². The molecule has 0 aliphatic rings. The Bertz CT molecular complexity index is 1130. The number of aryl methyl sites for hydroxylation is 1. The topological polar surface area (TPSA) is 36.4 Å². The lowest BCUT2D eigenvalue weighted by Crippen LogP contribution is -2.13. The molecule has 0 aliphatic heterocycles. The third-order valence-electron chi connectivity index (χ3n) is 5.92. The van der Waals surface area contributed by atoms with Crippen LogP contribution in [0, 0.1) is 0 Å². The molecule has 3 heteroatoms. The van der Waals surface area contributed by atoms with Gasteiger partial charge in [0.25, 0.3) is 0 Å². The van der Waals surface area contributed by atoms with Crippen molar-refractivity contribution in [2.75, 3.05) is 7.05 Å². The van der Waals surface area contributed by atoms with Gasteiger partial charge in [0, 0.05) is 24.5 Å². The predicted molar refractivity (Wildman–Crippen MR) is 196 cm³/mol.